The number of amides is 2. The van der Waals surface area contributed by atoms with Crippen molar-refractivity contribution in [1.29, 1.82) is 0 Å². The number of halogens is 1. The summed E-state index contributed by atoms with van der Waals surface area (Å²) in [5.74, 6) is -2.58. The number of anilines is 2. The Morgan fingerprint density at radius 3 is 2.42 bits per heavy atom. The Kier molecular flexibility index (Phi) is 6.34. The molecule has 0 saturated heterocycles. The summed E-state index contributed by atoms with van der Waals surface area (Å²) in [5.41, 5.74) is -0.844. The molecule has 7 heteroatoms. The van der Waals surface area contributed by atoms with Crippen LogP contribution in [-0.4, -0.2) is 22.9 Å². The zero-order valence-electron chi connectivity index (χ0n) is 15.1. The molecule has 142 valence electrons. The van der Waals surface area contributed by atoms with Gasteiger partial charge >= 0.3 is 5.97 Å². The van der Waals surface area contributed by atoms with Gasteiger partial charge in [0.1, 0.15) is 5.82 Å². The average molecular weight is 364 g/mol. The first-order valence-corrected chi connectivity index (χ1v) is 8.83. The van der Waals surface area contributed by atoms with Crippen LogP contribution in [0.5, 0.6) is 0 Å². The van der Waals surface area contributed by atoms with Crippen molar-refractivity contribution in [1.82, 2.24) is 0 Å². The number of benzene rings is 1. The van der Waals surface area contributed by atoms with Crippen LogP contribution in [0.3, 0.4) is 0 Å². The Labute approximate surface area is 152 Å². The van der Waals surface area contributed by atoms with E-state index in [4.69, 9.17) is 0 Å². The highest BCUT2D eigenvalue weighted by Gasteiger charge is 2.43. The van der Waals surface area contributed by atoms with Crippen LogP contribution < -0.4 is 10.6 Å². The van der Waals surface area contributed by atoms with Gasteiger partial charge in [-0.1, -0.05) is 19.3 Å². The fourth-order valence-electron chi connectivity index (χ4n) is 3.63. The third-order valence-corrected chi connectivity index (χ3v) is 5.08. The summed E-state index contributed by atoms with van der Waals surface area (Å²) in [6.07, 6.45) is 4.25. The molecule has 0 heterocycles. The van der Waals surface area contributed by atoms with Crippen molar-refractivity contribution in [3.8, 4) is 0 Å². The van der Waals surface area contributed by atoms with Crippen molar-refractivity contribution < 1.29 is 23.9 Å². The number of hydrogen-bond donors (Lipinski definition) is 3. The Hall–Kier alpha value is -2.44. The Morgan fingerprint density at radius 1 is 1.19 bits per heavy atom. The summed E-state index contributed by atoms with van der Waals surface area (Å²) >= 11 is 0. The van der Waals surface area contributed by atoms with Crippen LogP contribution in [-0.2, 0) is 14.4 Å². The van der Waals surface area contributed by atoms with Gasteiger partial charge in [-0.15, -0.1) is 0 Å². The van der Waals surface area contributed by atoms with Crippen LogP contribution >= 0.6 is 0 Å². The average Bonchev–Trinajstić information content (AvgIpc) is 2.57. The molecule has 1 saturated carbocycles. The topological polar surface area (TPSA) is 95.5 Å². The van der Waals surface area contributed by atoms with Crippen molar-refractivity contribution in [2.45, 2.75) is 52.4 Å². The molecule has 6 nitrogen and oxygen atoms in total. The van der Waals surface area contributed by atoms with E-state index in [0.717, 1.165) is 38.2 Å². The van der Waals surface area contributed by atoms with E-state index in [2.05, 4.69) is 10.6 Å². The second kappa shape index (κ2) is 8.29. The third kappa shape index (κ3) is 4.80. The maximum absolute atomic E-state index is 14.1. The molecule has 26 heavy (non-hydrogen) atoms. The quantitative estimate of drug-likeness (QED) is 0.716. The summed E-state index contributed by atoms with van der Waals surface area (Å²) in [6.45, 7) is 2.97. The van der Waals surface area contributed by atoms with E-state index in [1.54, 1.807) is 6.92 Å². The number of rotatable bonds is 6. The van der Waals surface area contributed by atoms with Gasteiger partial charge in [0, 0.05) is 12.6 Å². The second-order valence-corrected chi connectivity index (χ2v) is 7.15. The molecule has 0 aliphatic heterocycles. The van der Waals surface area contributed by atoms with Crippen molar-refractivity contribution in [3.63, 3.8) is 0 Å². The standard InChI is InChI=1S/C19H25FN2O4/c1-12(23)21-14-8-9-15(20)16(10-14)22-18(26)19(2,11-17(24)25)13-6-4-3-5-7-13/h8-10,13H,3-7,11H2,1-2H3,(H,21,23)(H,22,26)(H,24,25). The van der Waals surface area contributed by atoms with E-state index in [-0.39, 0.29) is 23.9 Å². The molecular formula is C19H25FN2O4. The lowest BCUT2D eigenvalue weighted by molar-refractivity contribution is -0.145. The Morgan fingerprint density at radius 2 is 1.85 bits per heavy atom. The summed E-state index contributed by atoms with van der Waals surface area (Å²) < 4.78 is 14.1. The molecule has 2 rings (SSSR count). The molecule has 0 aromatic heterocycles. The predicted molar refractivity (Wildman–Crippen MR) is 96.3 cm³/mol. The summed E-state index contributed by atoms with van der Waals surface area (Å²) in [5, 5.41) is 14.4. The van der Waals surface area contributed by atoms with Crippen molar-refractivity contribution >= 4 is 29.2 Å². The van der Waals surface area contributed by atoms with Gasteiger partial charge < -0.3 is 15.7 Å². The monoisotopic (exact) mass is 364 g/mol. The van der Waals surface area contributed by atoms with Gasteiger partial charge in [0.25, 0.3) is 0 Å². The van der Waals surface area contributed by atoms with Gasteiger partial charge in [0.05, 0.1) is 17.5 Å². The van der Waals surface area contributed by atoms with Gasteiger partial charge in [-0.2, -0.15) is 0 Å². The minimum absolute atomic E-state index is 0.0612. The molecule has 1 unspecified atom stereocenters. The lowest BCUT2D eigenvalue weighted by Gasteiger charge is -2.37. The first-order chi connectivity index (χ1) is 12.2. The van der Waals surface area contributed by atoms with Gasteiger partial charge in [-0.3, -0.25) is 14.4 Å². The lowest BCUT2D eigenvalue weighted by atomic mass is 9.67. The summed E-state index contributed by atoms with van der Waals surface area (Å²) in [4.78, 5) is 35.4. The molecule has 1 aromatic rings. The third-order valence-electron chi connectivity index (χ3n) is 5.08. The lowest BCUT2D eigenvalue weighted by Crippen LogP contribution is -2.42. The number of carboxylic acids is 1. The number of carbonyl (C=O) groups excluding carboxylic acids is 2. The fraction of sp³-hybridized carbons (Fsp3) is 0.526. The van der Waals surface area contributed by atoms with E-state index in [9.17, 15) is 23.9 Å². The van der Waals surface area contributed by atoms with Crippen molar-refractivity contribution in [3.05, 3.63) is 24.0 Å². The first kappa shape index (κ1) is 19.9. The van der Waals surface area contributed by atoms with Gasteiger partial charge in [0.15, 0.2) is 0 Å². The summed E-state index contributed by atoms with van der Waals surface area (Å²) in [6, 6.07) is 3.87. The van der Waals surface area contributed by atoms with Crippen LogP contribution in [0.2, 0.25) is 0 Å². The second-order valence-electron chi connectivity index (χ2n) is 7.15. The zero-order chi connectivity index (χ0) is 19.3. The minimum Gasteiger partial charge on any atom is -0.481 e. The highest BCUT2D eigenvalue weighted by atomic mass is 19.1. The van der Waals surface area contributed by atoms with E-state index in [1.165, 1.54) is 19.1 Å². The number of aliphatic carboxylic acids is 1. The zero-order valence-corrected chi connectivity index (χ0v) is 15.1. The predicted octanol–water partition coefficient (Wildman–Crippen LogP) is 3.78. The molecule has 0 radical (unpaired) electrons. The van der Waals surface area contributed by atoms with Crippen LogP contribution in [0.25, 0.3) is 0 Å². The van der Waals surface area contributed by atoms with Crippen molar-refractivity contribution in [2.75, 3.05) is 10.6 Å². The number of carboxylic acid groups (broad SMARTS) is 1. The normalized spacial score (nSPS) is 17.2. The van der Waals surface area contributed by atoms with Crippen molar-refractivity contribution in [2.24, 2.45) is 11.3 Å². The maximum Gasteiger partial charge on any atom is 0.304 e. The number of carbonyl (C=O) groups is 3. The Balaban J connectivity index is 2.26. The van der Waals surface area contributed by atoms with Crippen LogP contribution in [0, 0.1) is 17.2 Å². The molecule has 1 fully saturated rings. The minimum atomic E-state index is -1.12. The number of hydrogen-bond acceptors (Lipinski definition) is 3. The smallest absolute Gasteiger partial charge is 0.304 e. The molecular weight excluding hydrogens is 339 g/mol. The largest absolute Gasteiger partial charge is 0.481 e. The van der Waals surface area contributed by atoms with Crippen LogP contribution in [0.4, 0.5) is 15.8 Å². The summed E-state index contributed by atoms with van der Waals surface area (Å²) in [7, 11) is 0. The first-order valence-electron chi connectivity index (χ1n) is 8.83. The number of nitrogens with one attached hydrogen (secondary N) is 2. The molecule has 1 atom stereocenters. The molecule has 0 spiro atoms. The molecule has 1 aliphatic rings. The maximum atomic E-state index is 14.1. The Bertz CT molecular complexity index is 701. The van der Waals surface area contributed by atoms with E-state index in [1.807, 2.05) is 0 Å². The molecule has 2 amide bonds. The van der Waals surface area contributed by atoms with E-state index < -0.39 is 23.1 Å². The van der Waals surface area contributed by atoms with E-state index >= 15 is 0 Å². The van der Waals surface area contributed by atoms with Gasteiger partial charge in [-0.25, -0.2) is 4.39 Å². The van der Waals surface area contributed by atoms with Gasteiger partial charge in [-0.05, 0) is 43.9 Å². The molecule has 1 aliphatic carbocycles. The SMILES string of the molecule is CC(=O)Nc1ccc(F)c(NC(=O)C(C)(CC(=O)O)C2CCCCC2)c1. The van der Waals surface area contributed by atoms with Crippen LogP contribution in [0.15, 0.2) is 18.2 Å². The molecule has 0 bridgehead atoms. The molecule has 3 N–H and O–H groups in total. The highest BCUT2D eigenvalue weighted by Crippen LogP contribution is 2.42. The molecule has 1 aromatic carbocycles. The van der Waals surface area contributed by atoms with Gasteiger partial charge in [0.2, 0.25) is 11.8 Å². The van der Waals surface area contributed by atoms with E-state index in [0.29, 0.717) is 5.69 Å². The highest BCUT2D eigenvalue weighted by molar-refractivity contribution is 5.98. The van der Waals surface area contributed by atoms with Crippen LogP contribution in [0.1, 0.15) is 52.4 Å². The fourth-order valence-corrected chi connectivity index (χ4v) is 3.63.